The summed E-state index contributed by atoms with van der Waals surface area (Å²) < 4.78 is 0. The summed E-state index contributed by atoms with van der Waals surface area (Å²) in [6, 6.07) is 30.0. The molecule has 2 N–H and O–H groups in total. The maximum Gasteiger partial charge on any atom is 0.118 e. The fourth-order valence-electron chi connectivity index (χ4n) is 5.99. The quantitative estimate of drug-likeness (QED) is 0.238. The highest BCUT2D eigenvalue weighted by Gasteiger charge is 2.44. The summed E-state index contributed by atoms with van der Waals surface area (Å²) in [5.74, 6) is 0.739. The highest BCUT2D eigenvalue weighted by Crippen LogP contribution is 2.52. The largest absolute Gasteiger partial charge is 0.508 e. The van der Waals surface area contributed by atoms with Gasteiger partial charge in [0, 0.05) is 0 Å². The second-order valence-corrected chi connectivity index (χ2v) is 10.1. The lowest BCUT2D eigenvalue weighted by molar-refractivity contribution is 0.465. The SMILES string of the molecule is CCCCc1cc(C2(c3ccc(O)c(CCCC)c3)c3ccccc3Cc3ccccc32)ccc1O. The molecule has 5 rings (SSSR count). The van der Waals surface area contributed by atoms with Crippen molar-refractivity contribution in [2.24, 2.45) is 0 Å². The van der Waals surface area contributed by atoms with Crippen LogP contribution in [0.1, 0.15) is 84.0 Å². The van der Waals surface area contributed by atoms with Gasteiger partial charge in [0.2, 0.25) is 0 Å². The van der Waals surface area contributed by atoms with Crippen LogP contribution in [0.5, 0.6) is 11.5 Å². The van der Waals surface area contributed by atoms with E-state index >= 15 is 0 Å². The van der Waals surface area contributed by atoms with Crippen molar-refractivity contribution in [1.82, 2.24) is 0 Å². The van der Waals surface area contributed by atoms with E-state index in [1.54, 1.807) is 0 Å². The summed E-state index contributed by atoms with van der Waals surface area (Å²) >= 11 is 0. The highest BCUT2D eigenvalue weighted by molar-refractivity contribution is 5.68. The molecule has 0 radical (unpaired) electrons. The highest BCUT2D eigenvalue weighted by atomic mass is 16.3. The van der Waals surface area contributed by atoms with E-state index in [1.165, 1.54) is 22.3 Å². The molecule has 2 heteroatoms. The number of hydrogen-bond donors (Lipinski definition) is 2. The van der Waals surface area contributed by atoms with Crippen LogP contribution in [0.2, 0.25) is 0 Å². The van der Waals surface area contributed by atoms with Crippen molar-refractivity contribution in [3.8, 4) is 11.5 Å². The monoisotopic (exact) mass is 476 g/mol. The first-order valence-electron chi connectivity index (χ1n) is 13.4. The topological polar surface area (TPSA) is 40.5 Å². The zero-order valence-corrected chi connectivity index (χ0v) is 21.4. The van der Waals surface area contributed by atoms with Crippen LogP contribution in [0.25, 0.3) is 0 Å². The first kappa shape index (κ1) is 24.2. The number of unbranched alkanes of at least 4 members (excludes halogenated alkanes) is 2. The van der Waals surface area contributed by atoms with E-state index in [-0.39, 0.29) is 0 Å². The molecule has 0 aliphatic heterocycles. The van der Waals surface area contributed by atoms with Gasteiger partial charge in [0.15, 0.2) is 0 Å². The Bertz CT molecular complexity index is 1260. The average Bonchev–Trinajstić information content (AvgIpc) is 2.91. The number of aryl methyl sites for hydroxylation is 2. The van der Waals surface area contributed by atoms with Gasteiger partial charge in [-0.2, -0.15) is 0 Å². The van der Waals surface area contributed by atoms with Crippen molar-refractivity contribution in [2.45, 2.75) is 64.2 Å². The lowest BCUT2D eigenvalue weighted by Gasteiger charge is -2.42. The van der Waals surface area contributed by atoms with Gasteiger partial charge in [0.05, 0.1) is 5.41 Å². The number of fused-ring (bicyclic) bond motifs is 2. The molecule has 0 amide bonds. The number of phenols is 2. The number of hydrogen-bond acceptors (Lipinski definition) is 2. The third kappa shape index (κ3) is 4.09. The van der Waals surface area contributed by atoms with Crippen molar-refractivity contribution in [1.29, 1.82) is 0 Å². The Kier molecular flexibility index (Phi) is 6.87. The van der Waals surface area contributed by atoms with E-state index in [1.807, 2.05) is 12.1 Å². The summed E-state index contributed by atoms with van der Waals surface area (Å²) in [7, 11) is 0. The maximum atomic E-state index is 10.7. The number of aromatic hydroxyl groups is 2. The molecule has 0 heterocycles. The molecule has 4 aromatic carbocycles. The fourth-order valence-corrected chi connectivity index (χ4v) is 5.99. The van der Waals surface area contributed by atoms with Crippen molar-refractivity contribution in [2.75, 3.05) is 0 Å². The number of benzene rings is 4. The zero-order valence-electron chi connectivity index (χ0n) is 21.4. The van der Waals surface area contributed by atoms with Crippen LogP contribution in [-0.2, 0) is 24.7 Å². The summed E-state index contributed by atoms with van der Waals surface area (Å²) in [4.78, 5) is 0. The molecule has 4 aromatic rings. The minimum absolute atomic E-state index is 0.370. The molecular formula is C34H36O2. The lowest BCUT2D eigenvalue weighted by Crippen LogP contribution is -2.36. The number of phenolic OH excluding ortho intramolecular Hbond substituents is 2. The third-order valence-corrected chi connectivity index (χ3v) is 7.85. The van der Waals surface area contributed by atoms with E-state index in [0.717, 1.165) is 67.2 Å². The second kappa shape index (κ2) is 10.2. The van der Waals surface area contributed by atoms with Gasteiger partial charge < -0.3 is 10.2 Å². The van der Waals surface area contributed by atoms with Crippen LogP contribution in [-0.4, -0.2) is 10.2 Å². The predicted octanol–water partition coefficient (Wildman–Crippen LogP) is 8.07. The van der Waals surface area contributed by atoms with E-state index in [9.17, 15) is 10.2 Å². The van der Waals surface area contributed by atoms with Crippen molar-refractivity contribution < 1.29 is 10.2 Å². The summed E-state index contributed by atoms with van der Waals surface area (Å²) in [6.45, 7) is 4.37. The molecule has 0 bridgehead atoms. The molecule has 0 aromatic heterocycles. The molecule has 0 spiro atoms. The zero-order chi connectivity index (χ0) is 25.1. The lowest BCUT2D eigenvalue weighted by atomic mass is 9.59. The Morgan fingerprint density at radius 3 is 1.50 bits per heavy atom. The molecule has 0 saturated carbocycles. The standard InChI is InChI=1S/C34H36O2/c1-3-5-11-26-22-28(17-19-32(26)35)34(29-18-20-33(36)27(23-29)12-6-4-2)30-15-9-7-13-24(30)21-25-14-8-10-16-31(25)34/h7-10,13-20,22-23,35-36H,3-6,11-12,21H2,1-2H3. The van der Waals surface area contributed by atoms with Crippen LogP contribution in [0, 0.1) is 0 Å². The average molecular weight is 477 g/mol. The smallest absolute Gasteiger partial charge is 0.118 e. The van der Waals surface area contributed by atoms with Gasteiger partial charge in [0.1, 0.15) is 11.5 Å². The molecule has 0 saturated heterocycles. The van der Waals surface area contributed by atoms with Gasteiger partial charge in [-0.05, 0) is 88.7 Å². The minimum Gasteiger partial charge on any atom is -0.508 e. The maximum absolute atomic E-state index is 10.7. The molecule has 0 unspecified atom stereocenters. The van der Waals surface area contributed by atoms with Gasteiger partial charge in [0.25, 0.3) is 0 Å². The Hall–Kier alpha value is -3.52. The normalized spacial score (nSPS) is 13.7. The second-order valence-electron chi connectivity index (χ2n) is 10.1. The van der Waals surface area contributed by atoms with E-state index in [2.05, 4.69) is 86.6 Å². The molecule has 1 aliphatic rings. The van der Waals surface area contributed by atoms with Crippen molar-refractivity contribution >= 4 is 0 Å². The van der Waals surface area contributed by atoms with Crippen molar-refractivity contribution in [3.05, 3.63) is 129 Å². The Morgan fingerprint density at radius 2 is 1.06 bits per heavy atom. The van der Waals surface area contributed by atoms with E-state index < -0.39 is 5.41 Å². The van der Waals surface area contributed by atoms with Gasteiger partial charge >= 0.3 is 0 Å². The van der Waals surface area contributed by atoms with Crippen LogP contribution in [0.15, 0.2) is 84.9 Å². The predicted molar refractivity (Wildman–Crippen MR) is 148 cm³/mol. The Morgan fingerprint density at radius 1 is 0.611 bits per heavy atom. The van der Waals surface area contributed by atoms with Crippen LogP contribution < -0.4 is 0 Å². The van der Waals surface area contributed by atoms with Gasteiger partial charge in [-0.15, -0.1) is 0 Å². The molecule has 0 fully saturated rings. The van der Waals surface area contributed by atoms with Gasteiger partial charge in [-0.25, -0.2) is 0 Å². The third-order valence-electron chi connectivity index (χ3n) is 7.85. The molecule has 36 heavy (non-hydrogen) atoms. The van der Waals surface area contributed by atoms with E-state index in [4.69, 9.17) is 0 Å². The molecule has 2 nitrogen and oxygen atoms in total. The van der Waals surface area contributed by atoms with Crippen LogP contribution in [0.4, 0.5) is 0 Å². The first-order valence-corrected chi connectivity index (χ1v) is 13.4. The van der Waals surface area contributed by atoms with Gasteiger partial charge in [-0.3, -0.25) is 0 Å². The van der Waals surface area contributed by atoms with Crippen LogP contribution in [0.3, 0.4) is 0 Å². The Labute approximate surface area is 215 Å². The van der Waals surface area contributed by atoms with Crippen molar-refractivity contribution in [3.63, 3.8) is 0 Å². The first-order chi connectivity index (χ1) is 17.6. The Balaban J connectivity index is 1.86. The van der Waals surface area contributed by atoms with E-state index in [0.29, 0.717) is 11.5 Å². The van der Waals surface area contributed by atoms with Gasteiger partial charge in [-0.1, -0.05) is 99.5 Å². The molecule has 184 valence electrons. The molecule has 0 atom stereocenters. The summed E-state index contributed by atoms with van der Waals surface area (Å²) in [6.07, 6.45) is 6.85. The molecule has 1 aliphatic carbocycles. The molecular weight excluding hydrogens is 440 g/mol. The van der Waals surface area contributed by atoms with Crippen LogP contribution >= 0.6 is 0 Å². The summed E-state index contributed by atoms with van der Waals surface area (Å²) in [5, 5.41) is 21.5. The number of rotatable bonds is 8. The summed E-state index contributed by atoms with van der Waals surface area (Å²) in [5.41, 5.74) is 9.00. The fraction of sp³-hybridized carbons (Fsp3) is 0.294. The minimum atomic E-state index is -0.533.